The van der Waals surface area contributed by atoms with Crippen molar-refractivity contribution >= 4 is 23.2 Å². The van der Waals surface area contributed by atoms with Crippen molar-refractivity contribution in [1.82, 2.24) is 15.1 Å². The van der Waals surface area contributed by atoms with Crippen LogP contribution in [0.2, 0.25) is 0 Å². The smallest absolute Gasteiger partial charge is 0.280 e. The number of rotatable bonds is 5. The summed E-state index contributed by atoms with van der Waals surface area (Å²) in [4.78, 5) is 25.0. The lowest BCUT2D eigenvalue weighted by Gasteiger charge is -2.32. The zero-order valence-corrected chi connectivity index (χ0v) is 24.8. The first-order chi connectivity index (χ1) is 19.8. The Morgan fingerprint density at radius 3 is 2.76 bits per heavy atom. The Bertz CT molecular complexity index is 1270. The summed E-state index contributed by atoms with van der Waals surface area (Å²) in [5, 5.41) is 6.44. The Hall–Kier alpha value is -3.69. The minimum absolute atomic E-state index is 0.237. The fraction of sp³-hybridized carbons (Fsp3) is 0.438. The van der Waals surface area contributed by atoms with Crippen molar-refractivity contribution < 1.29 is 13.9 Å². The molecule has 3 heterocycles. The standard InChI is InChI=1S/C32H43FN6O2/c1-6-26-12-13-27(11-9-24(3)33)30(40)36-32-35-28-14-10-25(22-38-17-15-37(5)16-18-38)20-29(28)39(32)21-23(2)8-7-19-41-31(26)34-4/h6,9-14,20,23,34H,1,7-8,15-19,21-22H2,2-5H3,(H,35,36,40)/b13-12+,24-9+,27-11+,31-26+. The second-order valence-corrected chi connectivity index (χ2v) is 11.0. The molecule has 1 aromatic rings. The Balaban J connectivity index is 1.69. The summed E-state index contributed by atoms with van der Waals surface area (Å²) < 4.78 is 19.7. The molecule has 1 fully saturated rings. The first kappa shape index (κ1) is 30.3. The fourth-order valence-corrected chi connectivity index (χ4v) is 5.13. The second-order valence-electron chi connectivity index (χ2n) is 11.0. The number of halogens is 1. The number of carbonyl (C=O) groups is 1. The number of hydrogen-bond acceptors (Lipinski definition) is 7. The van der Waals surface area contributed by atoms with Crippen LogP contribution >= 0.6 is 0 Å². The van der Waals surface area contributed by atoms with Crippen molar-refractivity contribution in [3.8, 4) is 0 Å². The number of fused-ring (bicyclic) bond motifs is 3. The van der Waals surface area contributed by atoms with Gasteiger partial charge in [0.25, 0.3) is 5.91 Å². The monoisotopic (exact) mass is 562 g/mol. The lowest BCUT2D eigenvalue weighted by molar-refractivity contribution is -0.114. The van der Waals surface area contributed by atoms with E-state index >= 15 is 0 Å². The van der Waals surface area contributed by atoms with E-state index in [0.29, 0.717) is 36.5 Å². The summed E-state index contributed by atoms with van der Waals surface area (Å²) in [7, 11) is 3.94. The molecule has 3 aliphatic rings. The number of aliphatic imine (C=N–C) groups is 1. The highest BCUT2D eigenvalue weighted by molar-refractivity contribution is 6.19. The molecule has 0 aliphatic carbocycles. The minimum Gasteiger partial charge on any atom is -0.479 e. The Morgan fingerprint density at radius 1 is 1.27 bits per heavy atom. The summed E-state index contributed by atoms with van der Waals surface area (Å²) in [6, 6.07) is 6.43. The van der Waals surface area contributed by atoms with E-state index in [1.165, 1.54) is 24.6 Å². The number of hydrogen-bond donors (Lipinski definition) is 2. The second kappa shape index (κ2) is 14.3. The van der Waals surface area contributed by atoms with Crippen LogP contribution in [0, 0.1) is 5.92 Å². The van der Waals surface area contributed by atoms with E-state index in [1.807, 2.05) is 0 Å². The Kier molecular flexibility index (Phi) is 10.5. The maximum atomic E-state index is 13.7. The van der Waals surface area contributed by atoms with Crippen molar-refractivity contribution in [1.29, 1.82) is 0 Å². The highest BCUT2D eigenvalue weighted by atomic mass is 19.1. The topological polar surface area (TPSA) is 72.4 Å². The first-order valence-electron chi connectivity index (χ1n) is 14.4. The van der Waals surface area contributed by atoms with Crippen LogP contribution in [0.4, 0.5) is 15.8 Å². The summed E-state index contributed by atoms with van der Waals surface area (Å²) in [6.45, 7) is 13.8. The maximum absolute atomic E-state index is 13.7. The van der Waals surface area contributed by atoms with Crippen LogP contribution in [-0.2, 0) is 16.1 Å². The molecule has 9 heteroatoms. The van der Waals surface area contributed by atoms with E-state index in [0.717, 1.165) is 56.9 Å². The minimum atomic E-state index is -0.477. The molecule has 1 unspecified atom stereocenters. The van der Waals surface area contributed by atoms with Gasteiger partial charge in [-0.3, -0.25) is 9.69 Å². The van der Waals surface area contributed by atoms with Crippen LogP contribution in [-0.4, -0.2) is 75.1 Å². The molecule has 41 heavy (non-hydrogen) atoms. The van der Waals surface area contributed by atoms with Gasteiger partial charge < -0.3 is 25.2 Å². The average molecular weight is 563 g/mol. The van der Waals surface area contributed by atoms with E-state index in [2.05, 4.69) is 69.1 Å². The summed E-state index contributed by atoms with van der Waals surface area (Å²) in [6.07, 6.45) is 9.52. The lowest BCUT2D eigenvalue weighted by Crippen LogP contribution is -2.43. The number of nitrogens with zero attached hydrogens (tertiary/aromatic N) is 4. The third-order valence-corrected chi connectivity index (χ3v) is 7.54. The number of nitrogens with one attached hydrogen (secondary N) is 2. The van der Waals surface area contributed by atoms with E-state index in [-0.39, 0.29) is 5.57 Å². The molecule has 0 aromatic heterocycles. The molecule has 1 saturated heterocycles. The summed E-state index contributed by atoms with van der Waals surface area (Å²) in [5.74, 6) is 0.475. The number of anilines is 2. The molecule has 0 bridgehead atoms. The number of likely N-dealkylation sites (N-methyl/N-ethyl adjacent to an activating group) is 1. The van der Waals surface area contributed by atoms with Crippen LogP contribution in [0.15, 0.2) is 83.0 Å². The molecule has 0 radical (unpaired) electrons. The highest BCUT2D eigenvalue weighted by Crippen LogP contribution is 2.35. The van der Waals surface area contributed by atoms with Crippen molar-refractivity contribution in [2.24, 2.45) is 10.9 Å². The summed E-state index contributed by atoms with van der Waals surface area (Å²) in [5.41, 5.74) is 4.09. The van der Waals surface area contributed by atoms with E-state index in [1.54, 1.807) is 25.3 Å². The number of allylic oxidation sites excluding steroid dienone is 6. The molecule has 3 aliphatic heterocycles. The Labute approximate surface area is 243 Å². The zero-order valence-electron chi connectivity index (χ0n) is 24.8. The summed E-state index contributed by atoms with van der Waals surface area (Å²) >= 11 is 0. The van der Waals surface area contributed by atoms with Gasteiger partial charge in [-0.1, -0.05) is 25.6 Å². The van der Waals surface area contributed by atoms with Crippen LogP contribution in [0.25, 0.3) is 0 Å². The predicted octanol–water partition coefficient (Wildman–Crippen LogP) is 4.97. The van der Waals surface area contributed by atoms with E-state index in [4.69, 9.17) is 4.74 Å². The maximum Gasteiger partial charge on any atom is 0.280 e. The third kappa shape index (κ3) is 8.17. The van der Waals surface area contributed by atoms with Gasteiger partial charge in [0, 0.05) is 57.5 Å². The van der Waals surface area contributed by atoms with Crippen LogP contribution in [0.3, 0.4) is 0 Å². The van der Waals surface area contributed by atoms with Gasteiger partial charge in [-0.15, -0.1) is 0 Å². The molecule has 2 N–H and O–H groups in total. The lowest BCUT2D eigenvalue weighted by atomic mass is 10.0. The van der Waals surface area contributed by atoms with Crippen molar-refractivity contribution in [2.45, 2.75) is 33.2 Å². The van der Waals surface area contributed by atoms with Gasteiger partial charge in [0.15, 0.2) is 5.88 Å². The largest absolute Gasteiger partial charge is 0.479 e. The highest BCUT2D eigenvalue weighted by Gasteiger charge is 2.28. The third-order valence-electron chi connectivity index (χ3n) is 7.54. The average Bonchev–Trinajstić information content (AvgIpc) is 3.27. The van der Waals surface area contributed by atoms with E-state index < -0.39 is 11.7 Å². The number of amides is 1. The quantitative estimate of drug-likeness (QED) is 0.491. The molecule has 4 rings (SSSR count). The molecule has 0 saturated carbocycles. The molecular weight excluding hydrogens is 519 g/mol. The fourth-order valence-electron chi connectivity index (χ4n) is 5.13. The van der Waals surface area contributed by atoms with Crippen LogP contribution in [0.5, 0.6) is 0 Å². The normalized spacial score (nSPS) is 26.6. The predicted molar refractivity (Wildman–Crippen MR) is 165 cm³/mol. The van der Waals surface area contributed by atoms with Gasteiger partial charge in [0.1, 0.15) is 0 Å². The van der Waals surface area contributed by atoms with Crippen LogP contribution in [0.1, 0.15) is 32.3 Å². The molecule has 1 atom stereocenters. The molecule has 1 amide bonds. The van der Waals surface area contributed by atoms with Gasteiger partial charge in [0.05, 0.1) is 23.8 Å². The SMILES string of the molecule is C=CC1=C(\NC)OCCCC(C)CN2/C(=N/C(=O)C(=C/C=C(\C)F)/C=C/1)Nc1ccc(CN3CCN(C)CC3)cc12. The van der Waals surface area contributed by atoms with Crippen molar-refractivity contribution in [2.75, 3.05) is 63.6 Å². The van der Waals surface area contributed by atoms with Gasteiger partial charge >= 0.3 is 0 Å². The zero-order chi connectivity index (χ0) is 29.4. The number of piperazine rings is 1. The molecule has 1 aromatic carbocycles. The number of benzene rings is 1. The number of ether oxygens (including phenoxy) is 1. The van der Waals surface area contributed by atoms with Crippen LogP contribution < -0.4 is 15.5 Å². The van der Waals surface area contributed by atoms with Crippen molar-refractivity contribution in [3.63, 3.8) is 0 Å². The molecular formula is C32H43FN6O2. The first-order valence-corrected chi connectivity index (χ1v) is 14.4. The van der Waals surface area contributed by atoms with Gasteiger partial charge in [0.2, 0.25) is 5.96 Å². The van der Waals surface area contributed by atoms with E-state index in [9.17, 15) is 9.18 Å². The van der Waals surface area contributed by atoms with Gasteiger partial charge in [-0.25, -0.2) is 4.39 Å². The number of carbonyl (C=O) groups excluding carboxylic acids is 1. The molecule has 8 nitrogen and oxygen atoms in total. The van der Waals surface area contributed by atoms with Crippen molar-refractivity contribution in [3.05, 3.63) is 83.6 Å². The Morgan fingerprint density at radius 2 is 2.05 bits per heavy atom. The van der Waals surface area contributed by atoms with Gasteiger partial charge in [-0.2, -0.15) is 4.99 Å². The molecule has 220 valence electrons. The van der Waals surface area contributed by atoms with Gasteiger partial charge in [-0.05, 0) is 74.7 Å². The molecule has 0 spiro atoms. The number of guanidine groups is 1.